The van der Waals surface area contributed by atoms with Crippen LogP contribution in [0.1, 0.15) is 5.56 Å². The van der Waals surface area contributed by atoms with Crippen molar-refractivity contribution in [3.8, 4) is 11.6 Å². The second-order valence-electron chi connectivity index (χ2n) is 4.35. The summed E-state index contributed by atoms with van der Waals surface area (Å²) in [5.41, 5.74) is 0.856. The van der Waals surface area contributed by atoms with Crippen molar-refractivity contribution in [1.29, 1.82) is 0 Å². The summed E-state index contributed by atoms with van der Waals surface area (Å²) in [7, 11) is 1.54. The molecule has 0 aliphatic rings. The van der Waals surface area contributed by atoms with E-state index < -0.39 is 0 Å². The Morgan fingerprint density at radius 3 is 2.77 bits per heavy atom. The molecule has 0 unspecified atom stereocenters. The van der Waals surface area contributed by atoms with Gasteiger partial charge >= 0.3 is 0 Å². The smallest absolute Gasteiger partial charge is 0.258 e. The number of pyridine rings is 1. The Bertz CT molecular complexity index is 648. The van der Waals surface area contributed by atoms with E-state index in [-0.39, 0.29) is 12.5 Å². The van der Waals surface area contributed by atoms with Crippen LogP contribution in [0.25, 0.3) is 0 Å². The van der Waals surface area contributed by atoms with Gasteiger partial charge in [0.15, 0.2) is 6.61 Å². The quantitative estimate of drug-likeness (QED) is 0.877. The van der Waals surface area contributed by atoms with Crippen LogP contribution in [0, 0.1) is 0 Å². The van der Waals surface area contributed by atoms with Crippen LogP contribution in [0.4, 0.5) is 0 Å². The number of carbonyl (C=O) groups is 1. The number of hydrogen-bond donors (Lipinski definition) is 1. The van der Waals surface area contributed by atoms with Crippen molar-refractivity contribution in [2.75, 3.05) is 13.7 Å². The third kappa shape index (κ3) is 4.79. The Morgan fingerprint density at radius 2 is 2.09 bits per heavy atom. The summed E-state index contributed by atoms with van der Waals surface area (Å²) in [5, 5.41) is 3.61. The summed E-state index contributed by atoms with van der Waals surface area (Å²) in [4.78, 5) is 15.8. The minimum absolute atomic E-state index is 0.149. The van der Waals surface area contributed by atoms with E-state index in [0.717, 1.165) is 5.56 Å². The lowest BCUT2D eigenvalue weighted by Gasteiger charge is -2.09. The van der Waals surface area contributed by atoms with Crippen molar-refractivity contribution in [1.82, 2.24) is 10.3 Å². The van der Waals surface area contributed by atoms with E-state index in [9.17, 15) is 4.79 Å². The predicted octanol–water partition coefficient (Wildman–Crippen LogP) is 3.09. The fourth-order valence-corrected chi connectivity index (χ4v) is 1.95. The molecule has 1 amide bonds. The molecule has 2 rings (SSSR count). The number of nitrogens with one attached hydrogen (secondary N) is 1. The van der Waals surface area contributed by atoms with Crippen molar-refractivity contribution in [3.05, 3.63) is 52.1 Å². The van der Waals surface area contributed by atoms with Crippen molar-refractivity contribution in [3.63, 3.8) is 0 Å². The molecule has 0 aliphatic carbocycles. The van der Waals surface area contributed by atoms with Crippen LogP contribution in [0.5, 0.6) is 11.6 Å². The Morgan fingerprint density at radius 1 is 1.27 bits per heavy atom. The highest BCUT2D eigenvalue weighted by Gasteiger charge is 2.07. The number of aromatic nitrogens is 1. The van der Waals surface area contributed by atoms with Gasteiger partial charge in [0.2, 0.25) is 5.88 Å². The van der Waals surface area contributed by atoms with Crippen LogP contribution in [0.15, 0.2) is 36.5 Å². The first-order valence-electron chi connectivity index (χ1n) is 6.42. The van der Waals surface area contributed by atoms with Gasteiger partial charge in [-0.15, -0.1) is 0 Å². The molecule has 0 spiro atoms. The second-order valence-corrected chi connectivity index (χ2v) is 5.19. The molecular weight excluding hydrogens is 327 g/mol. The topological polar surface area (TPSA) is 60.5 Å². The van der Waals surface area contributed by atoms with Gasteiger partial charge in [-0.25, -0.2) is 4.98 Å². The Hall–Kier alpha value is -1.98. The highest BCUT2D eigenvalue weighted by molar-refractivity contribution is 6.34. The molecule has 2 aromatic rings. The molecule has 22 heavy (non-hydrogen) atoms. The molecule has 0 aliphatic heterocycles. The summed E-state index contributed by atoms with van der Waals surface area (Å²) >= 11 is 11.8. The van der Waals surface area contributed by atoms with E-state index >= 15 is 0 Å². The SMILES string of the molecule is COc1ccc(CNC(=O)COc2cc(Cl)ccc2Cl)cn1. The van der Waals surface area contributed by atoms with Crippen LogP contribution >= 0.6 is 23.2 Å². The zero-order valence-electron chi connectivity index (χ0n) is 11.8. The molecule has 1 N–H and O–H groups in total. The van der Waals surface area contributed by atoms with Gasteiger partial charge in [0.1, 0.15) is 5.75 Å². The zero-order valence-corrected chi connectivity index (χ0v) is 13.3. The van der Waals surface area contributed by atoms with Crippen molar-refractivity contribution in [2.45, 2.75) is 6.54 Å². The van der Waals surface area contributed by atoms with E-state index in [1.807, 2.05) is 6.07 Å². The summed E-state index contributed by atoms with van der Waals surface area (Å²) < 4.78 is 10.3. The highest BCUT2D eigenvalue weighted by atomic mass is 35.5. The van der Waals surface area contributed by atoms with Gasteiger partial charge in [0.05, 0.1) is 12.1 Å². The van der Waals surface area contributed by atoms with Gasteiger partial charge in [-0.2, -0.15) is 0 Å². The third-order valence-corrected chi connectivity index (χ3v) is 3.30. The van der Waals surface area contributed by atoms with Crippen LogP contribution in [0.3, 0.4) is 0 Å². The molecule has 116 valence electrons. The standard InChI is InChI=1S/C15H14Cl2N2O3/c1-21-15-5-2-10(8-19-15)7-18-14(20)9-22-13-6-11(16)3-4-12(13)17/h2-6,8H,7,9H2,1H3,(H,18,20). The van der Waals surface area contributed by atoms with E-state index in [4.69, 9.17) is 32.7 Å². The van der Waals surface area contributed by atoms with Gasteiger partial charge < -0.3 is 14.8 Å². The maximum atomic E-state index is 11.8. The first kappa shape index (κ1) is 16.4. The average Bonchev–Trinajstić information content (AvgIpc) is 2.54. The number of amides is 1. The number of ether oxygens (including phenoxy) is 2. The van der Waals surface area contributed by atoms with E-state index in [2.05, 4.69) is 10.3 Å². The Labute approximate surface area is 138 Å². The minimum atomic E-state index is -0.271. The molecule has 1 heterocycles. The van der Waals surface area contributed by atoms with Crippen molar-refractivity contribution in [2.24, 2.45) is 0 Å². The van der Waals surface area contributed by atoms with Crippen LogP contribution in [-0.4, -0.2) is 24.6 Å². The lowest BCUT2D eigenvalue weighted by molar-refractivity contribution is -0.123. The molecular formula is C15H14Cl2N2O3. The number of hydrogen-bond acceptors (Lipinski definition) is 4. The summed E-state index contributed by atoms with van der Waals surface area (Å²) in [6.45, 7) is 0.201. The first-order valence-corrected chi connectivity index (χ1v) is 7.17. The van der Waals surface area contributed by atoms with Gasteiger partial charge in [0, 0.05) is 29.9 Å². The van der Waals surface area contributed by atoms with Gasteiger partial charge in [-0.1, -0.05) is 29.3 Å². The number of methoxy groups -OCH3 is 1. The molecule has 0 atom stereocenters. The van der Waals surface area contributed by atoms with E-state index in [0.29, 0.717) is 28.2 Å². The molecule has 0 fully saturated rings. The minimum Gasteiger partial charge on any atom is -0.482 e. The van der Waals surface area contributed by atoms with E-state index in [1.165, 1.54) is 0 Å². The number of carbonyl (C=O) groups excluding carboxylic acids is 1. The van der Waals surface area contributed by atoms with Gasteiger partial charge in [-0.3, -0.25) is 4.79 Å². The van der Waals surface area contributed by atoms with Gasteiger partial charge in [-0.05, 0) is 17.7 Å². The fraction of sp³-hybridized carbons (Fsp3) is 0.200. The third-order valence-electron chi connectivity index (χ3n) is 2.75. The normalized spacial score (nSPS) is 10.1. The second kappa shape index (κ2) is 7.87. The molecule has 0 bridgehead atoms. The lowest BCUT2D eigenvalue weighted by Crippen LogP contribution is -2.28. The Kier molecular flexibility index (Phi) is 5.86. The van der Waals surface area contributed by atoms with E-state index in [1.54, 1.807) is 37.6 Å². The largest absolute Gasteiger partial charge is 0.482 e. The van der Waals surface area contributed by atoms with Crippen LogP contribution in [0.2, 0.25) is 10.0 Å². The summed E-state index contributed by atoms with van der Waals surface area (Å²) in [6, 6.07) is 8.36. The van der Waals surface area contributed by atoms with Crippen LogP contribution in [-0.2, 0) is 11.3 Å². The van der Waals surface area contributed by atoms with Crippen LogP contribution < -0.4 is 14.8 Å². The fourth-order valence-electron chi connectivity index (χ4n) is 1.62. The molecule has 0 saturated heterocycles. The van der Waals surface area contributed by atoms with Gasteiger partial charge in [0.25, 0.3) is 5.91 Å². The molecule has 7 heteroatoms. The number of benzene rings is 1. The maximum Gasteiger partial charge on any atom is 0.258 e. The van der Waals surface area contributed by atoms with Crippen molar-refractivity contribution < 1.29 is 14.3 Å². The molecule has 0 radical (unpaired) electrons. The molecule has 5 nitrogen and oxygen atoms in total. The highest BCUT2D eigenvalue weighted by Crippen LogP contribution is 2.27. The molecule has 1 aromatic heterocycles. The average molecular weight is 341 g/mol. The predicted molar refractivity (Wildman–Crippen MR) is 84.6 cm³/mol. The zero-order chi connectivity index (χ0) is 15.9. The molecule has 0 saturated carbocycles. The Balaban J connectivity index is 1.81. The van der Waals surface area contributed by atoms with Crippen molar-refractivity contribution >= 4 is 29.1 Å². The maximum absolute atomic E-state index is 11.8. The number of halogens is 2. The first-order chi connectivity index (χ1) is 10.6. The monoisotopic (exact) mass is 340 g/mol. The number of rotatable bonds is 6. The molecule has 1 aromatic carbocycles. The summed E-state index contributed by atoms with van der Waals surface area (Å²) in [5.74, 6) is 0.622. The lowest BCUT2D eigenvalue weighted by atomic mass is 10.3. The summed E-state index contributed by atoms with van der Waals surface area (Å²) in [6.07, 6.45) is 1.63. The number of nitrogens with zero attached hydrogens (tertiary/aromatic N) is 1.